The fourth-order valence-corrected chi connectivity index (χ4v) is 6.30. The number of amides is 1. The summed E-state index contributed by atoms with van der Waals surface area (Å²) in [4.78, 5) is 15.5. The summed E-state index contributed by atoms with van der Waals surface area (Å²) in [5, 5.41) is 12.3. The summed E-state index contributed by atoms with van der Waals surface area (Å²) >= 11 is 0. The second-order valence-electron chi connectivity index (χ2n) is 10.8. The third-order valence-electron chi connectivity index (χ3n) is 8.30. The van der Waals surface area contributed by atoms with Gasteiger partial charge in [0, 0.05) is 36.5 Å². The molecule has 2 aromatic rings. The molecule has 2 bridgehead atoms. The molecular weight excluding hydrogens is 410 g/mol. The zero-order valence-corrected chi connectivity index (χ0v) is 20.4. The molecule has 178 valence electrons. The number of benzene rings is 1. The fourth-order valence-electron chi connectivity index (χ4n) is 6.30. The van der Waals surface area contributed by atoms with Crippen LogP contribution >= 0.6 is 0 Å². The van der Waals surface area contributed by atoms with Gasteiger partial charge in [-0.2, -0.15) is 0 Å². The van der Waals surface area contributed by atoms with Crippen LogP contribution in [0.1, 0.15) is 100 Å². The lowest BCUT2D eigenvalue weighted by atomic mass is 9.84. The highest BCUT2D eigenvalue weighted by atomic mass is 16.2. The Morgan fingerprint density at radius 2 is 1.73 bits per heavy atom. The van der Waals surface area contributed by atoms with Crippen molar-refractivity contribution in [3.05, 3.63) is 47.5 Å². The maximum Gasteiger partial charge on any atom is 0.223 e. The highest BCUT2D eigenvalue weighted by Gasteiger charge is 2.42. The lowest BCUT2D eigenvalue weighted by Gasteiger charge is -2.41. The van der Waals surface area contributed by atoms with Crippen molar-refractivity contribution >= 4 is 5.91 Å². The van der Waals surface area contributed by atoms with Crippen LogP contribution in [0.15, 0.2) is 30.3 Å². The summed E-state index contributed by atoms with van der Waals surface area (Å²) < 4.78 is 2.43. The van der Waals surface area contributed by atoms with E-state index >= 15 is 0 Å². The highest BCUT2D eigenvalue weighted by Crippen LogP contribution is 2.42. The standard InChI is InChI=1S/C27H39N5O/c1-18(2)26-30-29-19(3)32(26)24-16-22-12-13-23(17-24)31(22)15-14-25(20-8-5-4-6-9-20)28-27(33)21-10-7-11-21/h4-6,8-9,18,21-25H,7,10-17H2,1-3H3,(H,28,33)/t22-,23+,24?,25-/m0/s1. The van der Waals surface area contributed by atoms with Crippen molar-refractivity contribution in [2.45, 2.75) is 102 Å². The molecule has 2 saturated heterocycles. The molecule has 6 heteroatoms. The molecule has 6 nitrogen and oxygen atoms in total. The van der Waals surface area contributed by atoms with Gasteiger partial charge in [-0.25, -0.2) is 0 Å². The lowest BCUT2D eigenvalue weighted by Crippen LogP contribution is -2.45. The van der Waals surface area contributed by atoms with Gasteiger partial charge in [0.25, 0.3) is 0 Å². The summed E-state index contributed by atoms with van der Waals surface area (Å²) in [6.07, 6.45) is 9.18. The molecule has 1 N–H and O–H groups in total. The van der Waals surface area contributed by atoms with Gasteiger partial charge in [-0.15, -0.1) is 10.2 Å². The zero-order chi connectivity index (χ0) is 22.9. The van der Waals surface area contributed by atoms with Crippen molar-refractivity contribution in [3.8, 4) is 0 Å². The smallest absolute Gasteiger partial charge is 0.223 e. The molecule has 1 aliphatic carbocycles. The topological polar surface area (TPSA) is 63.1 Å². The Balaban J connectivity index is 1.26. The molecule has 1 aromatic heterocycles. The van der Waals surface area contributed by atoms with Gasteiger partial charge in [-0.1, -0.05) is 50.6 Å². The molecule has 1 aromatic carbocycles. The molecule has 0 radical (unpaired) electrons. The van der Waals surface area contributed by atoms with Gasteiger partial charge in [0.15, 0.2) is 0 Å². The van der Waals surface area contributed by atoms with E-state index < -0.39 is 0 Å². The average Bonchev–Trinajstić information content (AvgIpc) is 3.26. The minimum Gasteiger partial charge on any atom is -0.349 e. The number of nitrogens with zero attached hydrogens (tertiary/aromatic N) is 4. The second-order valence-corrected chi connectivity index (χ2v) is 10.8. The van der Waals surface area contributed by atoms with Crippen LogP contribution in [0.4, 0.5) is 0 Å². The molecule has 0 spiro atoms. The first-order chi connectivity index (χ1) is 16.0. The Labute approximate surface area is 198 Å². The van der Waals surface area contributed by atoms with Crippen molar-refractivity contribution in [1.29, 1.82) is 0 Å². The third-order valence-corrected chi connectivity index (χ3v) is 8.30. The molecule has 4 atom stereocenters. The Hall–Kier alpha value is -2.21. The quantitative estimate of drug-likeness (QED) is 0.621. The van der Waals surface area contributed by atoms with E-state index in [1.54, 1.807) is 0 Å². The Bertz CT molecular complexity index is 937. The first kappa shape index (κ1) is 22.6. The van der Waals surface area contributed by atoms with E-state index in [4.69, 9.17) is 0 Å². The molecule has 3 aliphatic rings. The molecule has 1 amide bonds. The van der Waals surface area contributed by atoms with Crippen molar-refractivity contribution in [2.75, 3.05) is 6.54 Å². The molecule has 2 aliphatic heterocycles. The number of carbonyl (C=O) groups excluding carboxylic acids is 1. The summed E-state index contributed by atoms with van der Waals surface area (Å²) in [5.41, 5.74) is 1.23. The van der Waals surface area contributed by atoms with Crippen LogP contribution in [0.2, 0.25) is 0 Å². The van der Waals surface area contributed by atoms with Crippen LogP contribution in [0.3, 0.4) is 0 Å². The highest BCUT2D eigenvalue weighted by molar-refractivity contribution is 5.79. The van der Waals surface area contributed by atoms with Gasteiger partial charge in [0.1, 0.15) is 11.6 Å². The van der Waals surface area contributed by atoms with Gasteiger partial charge < -0.3 is 9.88 Å². The predicted molar refractivity (Wildman–Crippen MR) is 130 cm³/mol. The number of nitrogens with one attached hydrogen (secondary N) is 1. The van der Waals surface area contributed by atoms with E-state index in [1.807, 2.05) is 0 Å². The van der Waals surface area contributed by atoms with Gasteiger partial charge in [-0.3, -0.25) is 9.69 Å². The minimum atomic E-state index is 0.101. The summed E-state index contributed by atoms with van der Waals surface area (Å²) in [7, 11) is 0. The summed E-state index contributed by atoms with van der Waals surface area (Å²) in [6.45, 7) is 7.57. The first-order valence-electron chi connectivity index (χ1n) is 13.0. The molecule has 3 heterocycles. The van der Waals surface area contributed by atoms with Crippen molar-refractivity contribution in [1.82, 2.24) is 25.0 Å². The molecule has 5 rings (SSSR count). The molecule has 33 heavy (non-hydrogen) atoms. The number of hydrogen-bond acceptors (Lipinski definition) is 4. The van der Waals surface area contributed by atoms with Crippen LogP contribution in [0, 0.1) is 12.8 Å². The molecular formula is C27H39N5O. The van der Waals surface area contributed by atoms with Crippen LogP contribution in [-0.4, -0.2) is 44.2 Å². The van der Waals surface area contributed by atoms with E-state index in [1.165, 1.54) is 37.7 Å². The largest absolute Gasteiger partial charge is 0.349 e. The second kappa shape index (κ2) is 9.57. The lowest BCUT2D eigenvalue weighted by molar-refractivity contribution is -0.128. The van der Waals surface area contributed by atoms with Crippen LogP contribution in [0.25, 0.3) is 0 Å². The maximum absolute atomic E-state index is 12.8. The molecule has 1 unspecified atom stereocenters. The predicted octanol–water partition coefficient (Wildman–Crippen LogP) is 4.93. The van der Waals surface area contributed by atoms with E-state index in [9.17, 15) is 4.79 Å². The Morgan fingerprint density at radius 3 is 2.33 bits per heavy atom. The number of hydrogen-bond donors (Lipinski definition) is 1. The van der Waals surface area contributed by atoms with E-state index in [0.717, 1.165) is 37.5 Å². The van der Waals surface area contributed by atoms with Crippen molar-refractivity contribution in [2.24, 2.45) is 5.92 Å². The Morgan fingerprint density at radius 1 is 1.03 bits per heavy atom. The van der Waals surface area contributed by atoms with Gasteiger partial charge in [0.05, 0.1) is 6.04 Å². The van der Waals surface area contributed by atoms with Crippen molar-refractivity contribution < 1.29 is 4.79 Å². The first-order valence-corrected chi connectivity index (χ1v) is 13.0. The summed E-state index contributed by atoms with van der Waals surface area (Å²) in [5.74, 6) is 3.06. The third kappa shape index (κ3) is 4.59. The number of piperidine rings is 1. The monoisotopic (exact) mass is 449 g/mol. The molecule has 3 fully saturated rings. The number of fused-ring (bicyclic) bond motifs is 2. The maximum atomic E-state index is 12.8. The SMILES string of the molecule is Cc1nnc(C(C)C)n1C1C[C@H]2CC[C@@H](C1)N2CC[C@H](NC(=O)C1CCC1)c1ccccc1. The van der Waals surface area contributed by atoms with E-state index in [0.29, 0.717) is 24.0 Å². The van der Waals surface area contributed by atoms with Crippen LogP contribution < -0.4 is 5.32 Å². The van der Waals surface area contributed by atoms with E-state index in [-0.39, 0.29) is 17.9 Å². The summed E-state index contributed by atoms with van der Waals surface area (Å²) in [6, 6.07) is 12.4. The minimum absolute atomic E-state index is 0.101. The number of rotatable bonds is 8. The zero-order valence-electron chi connectivity index (χ0n) is 20.4. The van der Waals surface area contributed by atoms with Gasteiger partial charge in [-0.05, 0) is 57.4 Å². The number of aromatic nitrogens is 3. The normalized spacial score (nSPS) is 26.4. The Kier molecular flexibility index (Phi) is 6.55. The number of carbonyl (C=O) groups is 1. The molecule has 1 saturated carbocycles. The fraction of sp³-hybridized carbons (Fsp3) is 0.667. The van der Waals surface area contributed by atoms with E-state index in [2.05, 4.69) is 76.1 Å². The van der Waals surface area contributed by atoms with Gasteiger partial charge >= 0.3 is 0 Å². The van der Waals surface area contributed by atoms with Crippen LogP contribution in [-0.2, 0) is 4.79 Å². The number of aryl methyl sites for hydroxylation is 1. The van der Waals surface area contributed by atoms with Gasteiger partial charge in [0.2, 0.25) is 5.91 Å². The van der Waals surface area contributed by atoms with Crippen molar-refractivity contribution in [3.63, 3.8) is 0 Å². The van der Waals surface area contributed by atoms with Crippen LogP contribution in [0.5, 0.6) is 0 Å². The average molecular weight is 450 g/mol.